The van der Waals surface area contributed by atoms with Crippen molar-refractivity contribution in [3.8, 4) is 5.75 Å². The van der Waals surface area contributed by atoms with Gasteiger partial charge in [0.25, 0.3) is 11.8 Å². The largest absolute Gasteiger partial charge is 0.489 e. The number of carbonyl (C=O) groups excluding carboxylic acids is 2. The first-order chi connectivity index (χ1) is 13.7. The van der Waals surface area contributed by atoms with Crippen LogP contribution in [0.25, 0.3) is 0 Å². The van der Waals surface area contributed by atoms with Gasteiger partial charge in [0, 0.05) is 0 Å². The summed E-state index contributed by atoms with van der Waals surface area (Å²) < 4.78 is 5.83. The molecule has 4 atom stereocenters. The average Bonchev–Trinajstić information content (AvgIpc) is 3.40. The number of amides is 2. The van der Waals surface area contributed by atoms with Crippen LogP contribution >= 0.6 is 0 Å². The van der Waals surface area contributed by atoms with Gasteiger partial charge in [-0.1, -0.05) is 54.6 Å². The fourth-order valence-electron chi connectivity index (χ4n) is 4.55. The topological polar surface area (TPSA) is 59.0 Å². The van der Waals surface area contributed by atoms with Gasteiger partial charge in [0.2, 0.25) is 0 Å². The molecule has 5 rings (SSSR count). The Morgan fingerprint density at radius 2 is 1.68 bits per heavy atom. The van der Waals surface area contributed by atoms with Crippen LogP contribution in [0.15, 0.2) is 71.9 Å². The Kier molecular flexibility index (Phi) is 4.08. The minimum absolute atomic E-state index is 0.167. The molecule has 5 nitrogen and oxygen atoms in total. The predicted molar refractivity (Wildman–Crippen MR) is 104 cm³/mol. The Labute approximate surface area is 163 Å². The number of imide groups is 1. The van der Waals surface area contributed by atoms with Crippen LogP contribution in [0.2, 0.25) is 0 Å². The molecule has 0 aromatic heterocycles. The van der Waals surface area contributed by atoms with E-state index in [1.165, 1.54) is 0 Å². The first-order valence-corrected chi connectivity index (χ1v) is 9.57. The van der Waals surface area contributed by atoms with E-state index in [1.54, 1.807) is 6.21 Å². The van der Waals surface area contributed by atoms with Crippen molar-refractivity contribution in [1.82, 2.24) is 5.01 Å². The number of hydrogen-bond acceptors (Lipinski definition) is 4. The minimum atomic E-state index is -0.222. The molecule has 1 heterocycles. The highest BCUT2D eigenvalue weighted by Crippen LogP contribution is 2.52. The van der Waals surface area contributed by atoms with E-state index < -0.39 is 0 Å². The molecular weight excluding hydrogens is 352 g/mol. The first-order valence-electron chi connectivity index (χ1n) is 9.57. The molecule has 5 heteroatoms. The Morgan fingerprint density at radius 3 is 2.39 bits per heavy atom. The van der Waals surface area contributed by atoms with Crippen LogP contribution < -0.4 is 4.74 Å². The second-order valence-corrected chi connectivity index (χ2v) is 7.58. The van der Waals surface area contributed by atoms with E-state index in [0.29, 0.717) is 12.4 Å². The third-order valence-corrected chi connectivity index (χ3v) is 5.88. The van der Waals surface area contributed by atoms with Crippen molar-refractivity contribution >= 4 is 18.0 Å². The number of hydrazone groups is 1. The zero-order valence-corrected chi connectivity index (χ0v) is 15.3. The SMILES string of the molecule is O=C1[C@@H]2[C@@H](C(=O)N1/N=C\c1cccc(OCc3ccccc3)c1)[C@H]1C=C[C@H]2C1. The number of carbonyl (C=O) groups is 2. The van der Waals surface area contributed by atoms with Gasteiger partial charge in [-0.15, -0.1) is 0 Å². The molecule has 2 bridgehead atoms. The smallest absolute Gasteiger partial charge is 0.254 e. The molecular formula is C23H20N2O3. The zero-order valence-electron chi connectivity index (χ0n) is 15.3. The maximum Gasteiger partial charge on any atom is 0.254 e. The molecule has 1 saturated heterocycles. The third-order valence-electron chi connectivity index (χ3n) is 5.88. The summed E-state index contributed by atoms with van der Waals surface area (Å²) in [5.41, 5.74) is 1.87. The fourth-order valence-corrected chi connectivity index (χ4v) is 4.55. The molecule has 1 aliphatic heterocycles. The summed E-state index contributed by atoms with van der Waals surface area (Å²) in [6.45, 7) is 0.476. The molecule has 0 spiro atoms. The van der Waals surface area contributed by atoms with Gasteiger partial charge in [-0.3, -0.25) is 9.59 Å². The standard InChI is InChI=1S/C23H20N2O3/c26-22-20-17-9-10-18(12-17)21(20)23(27)25(22)24-13-16-7-4-8-19(11-16)28-14-15-5-2-1-3-6-15/h1-11,13,17-18,20-21H,12,14H2/b24-13-/t17-,18-,20-,21-/m0/s1. The Hall–Kier alpha value is -3.21. The lowest BCUT2D eigenvalue weighted by Crippen LogP contribution is -2.28. The van der Waals surface area contributed by atoms with E-state index in [-0.39, 0.29) is 35.5 Å². The molecule has 1 saturated carbocycles. The molecule has 140 valence electrons. The number of nitrogens with zero attached hydrogens (tertiary/aromatic N) is 2. The molecule has 0 N–H and O–H groups in total. The highest BCUT2D eigenvalue weighted by atomic mass is 16.5. The predicted octanol–water partition coefficient (Wildman–Crippen LogP) is 3.41. The van der Waals surface area contributed by atoms with E-state index in [9.17, 15) is 9.59 Å². The Balaban J connectivity index is 1.28. The first kappa shape index (κ1) is 16.9. The van der Waals surface area contributed by atoms with Crippen LogP contribution in [0, 0.1) is 23.7 Å². The van der Waals surface area contributed by atoms with Gasteiger partial charge in [-0.05, 0) is 41.5 Å². The van der Waals surface area contributed by atoms with E-state index in [0.717, 1.165) is 22.6 Å². The molecule has 2 amide bonds. The van der Waals surface area contributed by atoms with Crippen LogP contribution in [0.1, 0.15) is 17.5 Å². The molecule has 0 radical (unpaired) electrons. The lowest BCUT2D eigenvalue weighted by Gasteiger charge is -2.13. The molecule has 2 fully saturated rings. The quantitative estimate of drug-likeness (QED) is 0.459. The Bertz CT molecular complexity index is 952. The summed E-state index contributed by atoms with van der Waals surface area (Å²) in [5, 5.41) is 5.29. The van der Waals surface area contributed by atoms with Gasteiger partial charge >= 0.3 is 0 Å². The van der Waals surface area contributed by atoms with Gasteiger partial charge in [-0.2, -0.15) is 10.1 Å². The van der Waals surface area contributed by atoms with Crippen molar-refractivity contribution in [1.29, 1.82) is 0 Å². The van der Waals surface area contributed by atoms with Gasteiger partial charge in [0.15, 0.2) is 0 Å². The summed E-state index contributed by atoms with van der Waals surface area (Å²) in [7, 11) is 0. The summed E-state index contributed by atoms with van der Waals surface area (Å²) in [4.78, 5) is 25.3. The fraction of sp³-hybridized carbons (Fsp3) is 0.261. The normalized spacial score (nSPS) is 27.8. The maximum absolute atomic E-state index is 12.7. The van der Waals surface area contributed by atoms with Crippen molar-refractivity contribution in [2.45, 2.75) is 13.0 Å². The summed E-state index contributed by atoms with van der Waals surface area (Å²) in [6.07, 6.45) is 6.64. The van der Waals surface area contributed by atoms with Crippen LogP contribution in [-0.4, -0.2) is 23.0 Å². The molecule has 2 aromatic carbocycles. The third kappa shape index (κ3) is 2.83. The lowest BCUT2D eigenvalue weighted by atomic mass is 9.85. The number of rotatable bonds is 5. The van der Waals surface area contributed by atoms with E-state index in [4.69, 9.17) is 4.74 Å². The van der Waals surface area contributed by atoms with Gasteiger partial charge in [-0.25, -0.2) is 0 Å². The van der Waals surface area contributed by atoms with Crippen LogP contribution in [0.3, 0.4) is 0 Å². The summed E-state index contributed by atoms with van der Waals surface area (Å²) >= 11 is 0. The second-order valence-electron chi connectivity index (χ2n) is 7.58. The molecule has 28 heavy (non-hydrogen) atoms. The van der Waals surface area contributed by atoms with Crippen LogP contribution in [0.4, 0.5) is 0 Å². The summed E-state index contributed by atoms with van der Waals surface area (Å²) in [6, 6.07) is 17.4. The van der Waals surface area contributed by atoms with Gasteiger partial charge in [0.1, 0.15) is 12.4 Å². The zero-order chi connectivity index (χ0) is 19.1. The van der Waals surface area contributed by atoms with Crippen LogP contribution in [0.5, 0.6) is 5.75 Å². The highest BCUT2D eigenvalue weighted by molar-refractivity contribution is 6.06. The molecule has 0 unspecified atom stereocenters. The molecule has 2 aromatic rings. The molecule has 3 aliphatic rings. The molecule has 2 aliphatic carbocycles. The summed E-state index contributed by atoms with van der Waals surface area (Å²) in [5.74, 6) is 0.327. The van der Waals surface area contributed by atoms with Crippen molar-refractivity contribution in [3.05, 3.63) is 77.9 Å². The van der Waals surface area contributed by atoms with Gasteiger partial charge in [0.05, 0.1) is 18.1 Å². The maximum atomic E-state index is 12.7. The minimum Gasteiger partial charge on any atom is -0.489 e. The highest BCUT2D eigenvalue weighted by Gasteiger charge is 2.59. The van der Waals surface area contributed by atoms with E-state index in [2.05, 4.69) is 17.3 Å². The second kappa shape index (κ2) is 6.75. The monoisotopic (exact) mass is 372 g/mol. The van der Waals surface area contributed by atoms with Crippen molar-refractivity contribution in [2.75, 3.05) is 0 Å². The number of ether oxygens (including phenoxy) is 1. The number of allylic oxidation sites excluding steroid dienone is 2. The number of benzene rings is 2. The van der Waals surface area contributed by atoms with Gasteiger partial charge < -0.3 is 4.74 Å². The van der Waals surface area contributed by atoms with E-state index >= 15 is 0 Å². The lowest BCUT2D eigenvalue weighted by molar-refractivity contribution is -0.140. The Morgan fingerprint density at radius 1 is 0.964 bits per heavy atom. The van der Waals surface area contributed by atoms with Crippen molar-refractivity contribution in [2.24, 2.45) is 28.8 Å². The van der Waals surface area contributed by atoms with Crippen LogP contribution in [-0.2, 0) is 16.2 Å². The van der Waals surface area contributed by atoms with Crippen molar-refractivity contribution in [3.63, 3.8) is 0 Å². The average molecular weight is 372 g/mol. The van der Waals surface area contributed by atoms with Crippen molar-refractivity contribution < 1.29 is 14.3 Å². The van der Waals surface area contributed by atoms with E-state index in [1.807, 2.05) is 54.6 Å². The number of hydrogen-bond donors (Lipinski definition) is 0. The number of fused-ring (bicyclic) bond motifs is 5.